The molecule has 0 aromatic carbocycles. The van der Waals surface area contributed by atoms with E-state index in [1.54, 1.807) is 12.5 Å². The third-order valence-electron chi connectivity index (χ3n) is 4.36. The van der Waals surface area contributed by atoms with Gasteiger partial charge < -0.3 is 9.73 Å². The molecule has 1 amide bonds. The Hall–Kier alpha value is -2.47. The zero-order valence-corrected chi connectivity index (χ0v) is 14.5. The molecule has 2 aromatic heterocycles. The average molecular weight is 340 g/mol. The van der Waals surface area contributed by atoms with Crippen LogP contribution in [0, 0.1) is 12.8 Å². The summed E-state index contributed by atoms with van der Waals surface area (Å²) in [6.07, 6.45) is 11.2. The number of hydrogen-bond acceptors (Lipinski definition) is 5. The first-order chi connectivity index (χ1) is 12.2. The van der Waals surface area contributed by atoms with Gasteiger partial charge in [-0.3, -0.25) is 14.7 Å². The summed E-state index contributed by atoms with van der Waals surface area (Å²) in [4.78, 5) is 22.8. The van der Waals surface area contributed by atoms with E-state index in [-0.39, 0.29) is 5.91 Å². The molecule has 132 valence electrons. The number of aryl methyl sites for hydroxylation is 1. The van der Waals surface area contributed by atoms with Gasteiger partial charge in [-0.1, -0.05) is 6.08 Å². The lowest BCUT2D eigenvalue weighted by Gasteiger charge is -2.32. The SMILES string of the molecule is Cc1cnc(C(=O)NC[C@@H]2CCCN(C/C=C/c3ccco3)C2)cn1. The van der Waals surface area contributed by atoms with Gasteiger partial charge in [0.2, 0.25) is 0 Å². The van der Waals surface area contributed by atoms with Crippen molar-refractivity contribution in [1.29, 1.82) is 0 Å². The second-order valence-corrected chi connectivity index (χ2v) is 6.44. The Morgan fingerprint density at radius 1 is 1.44 bits per heavy atom. The number of nitrogens with zero attached hydrogens (tertiary/aromatic N) is 3. The zero-order chi connectivity index (χ0) is 17.5. The number of carbonyl (C=O) groups excluding carboxylic acids is 1. The van der Waals surface area contributed by atoms with Gasteiger partial charge in [0, 0.05) is 25.8 Å². The molecule has 0 saturated carbocycles. The Bertz CT molecular complexity index is 695. The molecule has 1 N–H and O–H groups in total. The molecule has 1 fully saturated rings. The molecular formula is C19H24N4O2. The maximum Gasteiger partial charge on any atom is 0.271 e. The Morgan fingerprint density at radius 3 is 3.12 bits per heavy atom. The molecule has 1 saturated heterocycles. The summed E-state index contributed by atoms with van der Waals surface area (Å²) < 4.78 is 5.29. The van der Waals surface area contributed by atoms with E-state index in [0.29, 0.717) is 18.2 Å². The summed E-state index contributed by atoms with van der Waals surface area (Å²) in [5.41, 5.74) is 1.18. The third kappa shape index (κ3) is 5.26. The van der Waals surface area contributed by atoms with Gasteiger partial charge in [0.1, 0.15) is 11.5 Å². The minimum atomic E-state index is -0.151. The number of nitrogens with one attached hydrogen (secondary N) is 1. The van der Waals surface area contributed by atoms with Crippen molar-refractivity contribution in [3.8, 4) is 0 Å². The van der Waals surface area contributed by atoms with E-state index in [1.165, 1.54) is 6.20 Å². The quantitative estimate of drug-likeness (QED) is 0.875. The molecule has 0 unspecified atom stereocenters. The van der Waals surface area contributed by atoms with E-state index >= 15 is 0 Å². The van der Waals surface area contributed by atoms with Gasteiger partial charge in [-0.05, 0) is 50.4 Å². The van der Waals surface area contributed by atoms with E-state index in [1.807, 2.05) is 25.1 Å². The highest BCUT2D eigenvalue weighted by Gasteiger charge is 2.20. The summed E-state index contributed by atoms with van der Waals surface area (Å²) in [5.74, 6) is 1.19. The third-order valence-corrected chi connectivity index (χ3v) is 4.36. The van der Waals surface area contributed by atoms with Gasteiger partial charge in [0.25, 0.3) is 5.91 Å². The maximum atomic E-state index is 12.1. The fourth-order valence-corrected chi connectivity index (χ4v) is 3.03. The van der Waals surface area contributed by atoms with Crippen LogP contribution in [0.15, 0.2) is 41.3 Å². The predicted octanol–water partition coefficient (Wildman–Crippen LogP) is 2.53. The highest BCUT2D eigenvalue weighted by molar-refractivity contribution is 5.91. The van der Waals surface area contributed by atoms with Crippen molar-refractivity contribution in [3.63, 3.8) is 0 Å². The zero-order valence-electron chi connectivity index (χ0n) is 14.5. The van der Waals surface area contributed by atoms with Crippen LogP contribution in [0.1, 0.15) is 34.8 Å². The predicted molar refractivity (Wildman–Crippen MR) is 96.0 cm³/mol. The van der Waals surface area contributed by atoms with E-state index in [2.05, 4.69) is 26.3 Å². The number of carbonyl (C=O) groups is 1. The molecule has 6 nitrogen and oxygen atoms in total. The molecule has 6 heteroatoms. The lowest BCUT2D eigenvalue weighted by atomic mass is 9.98. The van der Waals surface area contributed by atoms with Gasteiger partial charge in [0.05, 0.1) is 18.2 Å². The molecular weight excluding hydrogens is 316 g/mol. The van der Waals surface area contributed by atoms with Crippen molar-refractivity contribution in [3.05, 3.63) is 54.0 Å². The van der Waals surface area contributed by atoms with Gasteiger partial charge in [-0.15, -0.1) is 0 Å². The van der Waals surface area contributed by atoms with Gasteiger partial charge in [-0.2, -0.15) is 0 Å². The summed E-state index contributed by atoms with van der Waals surface area (Å²) in [6.45, 7) is 5.51. The molecule has 25 heavy (non-hydrogen) atoms. The van der Waals surface area contributed by atoms with Crippen molar-refractivity contribution in [1.82, 2.24) is 20.2 Å². The first-order valence-electron chi connectivity index (χ1n) is 8.70. The molecule has 0 bridgehead atoms. The van der Waals surface area contributed by atoms with Crippen LogP contribution >= 0.6 is 0 Å². The average Bonchev–Trinajstić information content (AvgIpc) is 3.14. The molecule has 2 aromatic rings. The smallest absolute Gasteiger partial charge is 0.271 e. The number of likely N-dealkylation sites (tertiary alicyclic amines) is 1. The van der Waals surface area contributed by atoms with Crippen LogP contribution in [0.2, 0.25) is 0 Å². The van der Waals surface area contributed by atoms with Crippen LogP contribution in [0.5, 0.6) is 0 Å². The highest BCUT2D eigenvalue weighted by Crippen LogP contribution is 2.16. The lowest BCUT2D eigenvalue weighted by Crippen LogP contribution is -2.41. The van der Waals surface area contributed by atoms with Crippen LogP contribution in [-0.2, 0) is 0 Å². The van der Waals surface area contributed by atoms with E-state index in [0.717, 1.165) is 43.9 Å². The fourth-order valence-electron chi connectivity index (χ4n) is 3.03. The van der Waals surface area contributed by atoms with Crippen molar-refractivity contribution in [2.45, 2.75) is 19.8 Å². The molecule has 1 aliphatic rings. The second-order valence-electron chi connectivity index (χ2n) is 6.44. The van der Waals surface area contributed by atoms with E-state index in [9.17, 15) is 4.79 Å². The monoisotopic (exact) mass is 340 g/mol. The number of rotatable bonds is 6. The first-order valence-corrected chi connectivity index (χ1v) is 8.70. The molecule has 3 heterocycles. The van der Waals surface area contributed by atoms with Crippen molar-refractivity contribution >= 4 is 12.0 Å². The minimum absolute atomic E-state index is 0.151. The summed E-state index contributed by atoms with van der Waals surface area (Å²) >= 11 is 0. The highest BCUT2D eigenvalue weighted by atomic mass is 16.3. The molecule has 0 spiro atoms. The Morgan fingerprint density at radius 2 is 2.36 bits per heavy atom. The Balaban J connectivity index is 1.43. The molecule has 0 aliphatic carbocycles. The van der Waals surface area contributed by atoms with Gasteiger partial charge in [-0.25, -0.2) is 4.98 Å². The molecule has 1 aliphatic heterocycles. The van der Waals surface area contributed by atoms with Crippen molar-refractivity contribution in [2.24, 2.45) is 5.92 Å². The summed E-state index contributed by atoms with van der Waals surface area (Å²) in [6, 6.07) is 3.83. The van der Waals surface area contributed by atoms with Crippen LogP contribution < -0.4 is 5.32 Å². The standard InChI is InChI=1S/C19H24N4O2/c1-15-11-21-18(13-20-15)19(24)22-12-16-5-2-8-23(14-16)9-3-6-17-7-4-10-25-17/h3-4,6-7,10-11,13,16H,2,5,8-9,12,14H2,1H3,(H,22,24)/b6-3+/t16-/m0/s1. The number of aromatic nitrogens is 2. The number of furan rings is 1. The first kappa shape index (κ1) is 17.4. The molecule has 1 atom stereocenters. The van der Waals surface area contributed by atoms with E-state index in [4.69, 9.17) is 4.42 Å². The number of piperidine rings is 1. The minimum Gasteiger partial charge on any atom is -0.465 e. The maximum absolute atomic E-state index is 12.1. The Labute approximate surface area is 148 Å². The van der Waals surface area contributed by atoms with Crippen LogP contribution in [0.4, 0.5) is 0 Å². The summed E-state index contributed by atoms with van der Waals surface area (Å²) in [5, 5.41) is 2.99. The van der Waals surface area contributed by atoms with Crippen LogP contribution in [0.3, 0.4) is 0 Å². The lowest BCUT2D eigenvalue weighted by molar-refractivity contribution is 0.0929. The number of amides is 1. The second kappa shape index (κ2) is 8.58. The number of hydrogen-bond donors (Lipinski definition) is 1. The molecule has 0 radical (unpaired) electrons. The van der Waals surface area contributed by atoms with E-state index < -0.39 is 0 Å². The van der Waals surface area contributed by atoms with Gasteiger partial charge >= 0.3 is 0 Å². The largest absolute Gasteiger partial charge is 0.465 e. The molecule has 3 rings (SSSR count). The normalized spacial score (nSPS) is 18.5. The van der Waals surface area contributed by atoms with Crippen LogP contribution in [-0.4, -0.2) is 47.0 Å². The van der Waals surface area contributed by atoms with Crippen LogP contribution in [0.25, 0.3) is 6.08 Å². The van der Waals surface area contributed by atoms with Crippen molar-refractivity contribution < 1.29 is 9.21 Å². The summed E-state index contributed by atoms with van der Waals surface area (Å²) in [7, 11) is 0. The van der Waals surface area contributed by atoms with Crippen molar-refractivity contribution in [2.75, 3.05) is 26.2 Å². The Kier molecular flexibility index (Phi) is 5.95. The van der Waals surface area contributed by atoms with Gasteiger partial charge in [0.15, 0.2) is 0 Å². The fraction of sp³-hybridized carbons (Fsp3) is 0.421. The topological polar surface area (TPSA) is 71.3 Å².